The van der Waals surface area contributed by atoms with Crippen LogP contribution in [0.25, 0.3) is 0 Å². The van der Waals surface area contributed by atoms with E-state index in [0.29, 0.717) is 6.04 Å². The Labute approximate surface area is 102 Å². The van der Waals surface area contributed by atoms with Crippen LogP contribution >= 0.6 is 11.3 Å². The van der Waals surface area contributed by atoms with E-state index in [2.05, 4.69) is 27.5 Å². The summed E-state index contributed by atoms with van der Waals surface area (Å²) < 4.78 is 0. The highest BCUT2D eigenvalue weighted by Gasteiger charge is 2.17. The van der Waals surface area contributed by atoms with Crippen LogP contribution in [0.2, 0.25) is 0 Å². The van der Waals surface area contributed by atoms with Crippen molar-refractivity contribution < 1.29 is 0 Å². The third kappa shape index (κ3) is 3.27. The van der Waals surface area contributed by atoms with E-state index < -0.39 is 0 Å². The van der Waals surface area contributed by atoms with Crippen LogP contribution in [0.4, 0.5) is 0 Å². The van der Waals surface area contributed by atoms with Crippen LogP contribution in [0, 0.1) is 6.92 Å². The number of aryl methyl sites for hydroxylation is 1. The van der Waals surface area contributed by atoms with Crippen molar-refractivity contribution in [2.24, 2.45) is 0 Å². The third-order valence-corrected chi connectivity index (χ3v) is 4.11. The second kappa shape index (κ2) is 5.75. The van der Waals surface area contributed by atoms with E-state index in [0.717, 1.165) is 18.8 Å². The molecular formula is C12H21N3S. The molecule has 1 saturated heterocycles. The predicted molar refractivity (Wildman–Crippen MR) is 68.8 cm³/mol. The quantitative estimate of drug-likeness (QED) is 0.852. The number of likely N-dealkylation sites (tertiary alicyclic amines) is 1. The van der Waals surface area contributed by atoms with E-state index >= 15 is 0 Å². The lowest BCUT2D eigenvalue weighted by atomic mass is 10.3. The lowest BCUT2D eigenvalue weighted by Crippen LogP contribution is -2.38. The highest BCUT2D eigenvalue weighted by Crippen LogP contribution is 2.11. The van der Waals surface area contributed by atoms with Crippen molar-refractivity contribution in [3.63, 3.8) is 0 Å². The van der Waals surface area contributed by atoms with E-state index in [4.69, 9.17) is 0 Å². The molecule has 0 aromatic carbocycles. The fraction of sp³-hybridized carbons (Fsp3) is 0.750. The lowest BCUT2D eigenvalue weighted by molar-refractivity contribution is 0.251. The van der Waals surface area contributed by atoms with Gasteiger partial charge in [0.2, 0.25) is 0 Å². The Hall–Kier alpha value is -0.450. The summed E-state index contributed by atoms with van der Waals surface area (Å²) in [4.78, 5) is 7.02. The molecule has 0 spiro atoms. The second-order valence-electron chi connectivity index (χ2n) is 4.61. The molecule has 0 aliphatic carbocycles. The molecule has 2 rings (SSSR count). The van der Waals surface area contributed by atoms with Gasteiger partial charge < -0.3 is 5.32 Å². The van der Waals surface area contributed by atoms with Gasteiger partial charge in [-0.3, -0.25) is 4.90 Å². The van der Waals surface area contributed by atoms with Gasteiger partial charge in [-0.25, -0.2) is 4.98 Å². The number of nitrogens with one attached hydrogen (secondary N) is 1. The molecule has 90 valence electrons. The molecule has 1 unspecified atom stereocenters. The molecule has 0 radical (unpaired) electrons. The largest absolute Gasteiger partial charge is 0.309 e. The van der Waals surface area contributed by atoms with Crippen LogP contribution in [-0.4, -0.2) is 35.6 Å². The number of hydrogen-bond acceptors (Lipinski definition) is 4. The molecule has 0 saturated carbocycles. The van der Waals surface area contributed by atoms with Crippen LogP contribution in [0.15, 0.2) is 5.38 Å². The highest BCUT2D eigenvalue weighted by molar-refractivity contribution is 7.09. The van der Waals surface area contributed by atoms with Crippen LogP contribution in [0.5, 0.6) is 0 Å². The Balaban J connectivity index is 1.67. The summed E-state index contributed by atoms with van der Waals surface area (Å²) >= 11 is 1.75. The SMILES string of the molecule is Cc1csc(CNCC(C)N2CCCC2)n1. The van der Waals surface area contributed by atoms with Crippen LogP contribution in [-0.2, 0) is 6.54 Å². The summed E-state index contributed by atoms with van der Waals surface area (Å²) in [6.45, 7) is 8.89. The molecule has 1 N–H and O–H groups in total. The normalized spacial score (nSPS) is 19.1. The van der Waals surface area contributed by atoms with E-state index in [9.17, 15) is 0 Å². The van der Waals surface area contributed by atoms with Gasteiger partial charge in [0.05, 0.1) is 0 Å². The first kappa shape index (κ1) is 12.0. The summed E-state index contributed by atoms with van der Waals surface area (Å²) in [5.41, 5.74) is 1.13. The molecule has 1 fully saturated rings. The second-order valence-corrected chi connectivity index (χ2v) is 5.55. The summed E-state index contributed by atoms with van der Waals surface area (Å²) in [6, 6.07) is 0.656. The van der Waals surface area contributed by atoms with Gasteiger partial charge in [0.15, 0.2) is 0 Å². The topological polar surface area (TPSA) is 28.2 Å². The van der Waals surface area contributed by atoms with Crippen molar-refractivity contribution in [1.82, 2.24) is 15.2 Å². The van der Waals surface area contributed by atoms with E-state index in [-0.39, 0.29) is 0 Å². The minimum atomic E-state index is 0.656. The zero-order valence-electron chi connectivity index (χ0n) is 10.2. The van der Waals surface area contributed by atoms with Gasteiger partial charge in [0.25, 0.3) is 0 Å². The first-order valence-corrected chi connectivity index (χ1v) is 6.99. The summed E-state index contributed by atoms with van der Waals surface area (Å²) in [5, 5.41) is 6.81. The van der Waals surface area contributed by atoms with Crippen LogP contribution < -0.4 is 5.32 Å². The van der Waals surface area contributed by atoms with Crippen molar-refractivity contribution in [2.45, 2.75) is 39.3 Å². The fourth-order valence-corrected chi connectivity index (χ4v) is 2.92. The molecule has 0 bridgehead atoms. The first-order valence-electron chi connectivity index (χ1n) is 6.11. The van der Waals surface area contributed by atoms with Gasteiger partial charge in [-0.1, -0.05) is 0 Å². The molecule has 2 heterocycles. The van der Waals surface area contributed by atoms with Crippen LogP contribution in [0.1, 0.15) is 30.5 Å². The Morgan fingerprint density at radius 2 is 2.25 bits per heavy atom. The standard InChI is InChI=1S/C12H21N3S/c1-10-9-16-12(14-10)8-13-7-11(2)15-5-3-4-6-15/h9,11,13H,3-8H2,1-2H3. The van der Waals surface area contributed by atoms with E-state index in [1.54, 1.807) is 11.3 Å². The van der Waals surface area contributed by atoms with E-state index in [1.165, 1.54) is 30.9 Å². The summed E-state index contributed by atoms with van der Waals surface area (Å²) in [7, 11) is 0. The molecule has 3 nitrogen and oxygen atoms in total. The van der Waals surface area contributed by atoms with Gasteiger partial charge in [0, 0.05) is 30.2 Å². The Kier molecular flexibility index (Phi) is 4.32. The summed E-state index contributed by atoms with van der Waals surface area (Å²) in [5.74, 6) is 0. The smallest absolute Gasteiger partial charge is 0.107 e. The Morgan fingerprint density at radius 3 is 2.88 bits per heavy atom. The van der Waals surface area contributed by atoms with Crippen LogP contribution in [0.3, 0.4) is 0 Å². The molecule has 1 aromatic rings. The van der Waals surface area contributed by atoms with Gasteiger partial charge in [-0.15, -0.1) is 11.3 Å². The molecule has 4 heteroatoms. The van der Waals surface area contributed by atoms with E-state index in [1.807, 2.05) is 6.92 Å². The molecular weight excluding hydrogens is 218 g/mol. The molecule has 1 atom stereocenters. The number of thiazole rings is 1. The number of rotatable bonds is 5. The third-order valence-electron chi connectivity index (χ3n) is 3.15. The maximum atomic E-state index is 4.45. The van der Waals surface area contributed by atoms with Gasteiger partial charge >= 0.3 is 0 Å². The summed E-state index contributed by atoms with van der Waals surface area (Å²) in [6.07, 6.45) is 2.74. The lowest BCUT2D eigenvalue weighted by Gasteiger charge is -2.23. The monoisotopic (exact) mass is 239 g/mol. The fourth-order valence-electron chi connectivity index (χ4n) is 2.18. The first-order chi connectivity index (χ1) is 7.75. The van der Waals surface area contributed by atoms with Crippen molar-refractivity contribution in [3.05, 3.63) is 16.1 Å². The molecule has 1 aliphatic heterocycles. The zero-order valence-corrected chi connectivity index (χ0v) is 11.0. The van der Waals surface area contributed by atoms with Gasteiger partial charge in [-0.2, -0.15) is 0 Å². The average Bonchev–Trinajstić information content (AvgIpc) is 2.89. The molecule has 0 amide bonds. The van der Waals surface area contributed by atoms with Crippen molar-refractivity contribution >= 4 is 11.3 Å². The predicted octanol–water partition coefficient (Wildman–Crippen LogP) is 2.03. The Morgan fingerprint density at radius 1 is 1.50 bits per heavy atom. The number of hydrogen-bond donors (Lipinski definition) is 1. The van der Waals surface area contributed by atoms with Crippen molar-refractivity contribution in [2.75, 3.05) is 19.6 Å². The minimum Gasteiger partial charge on any atom is -0.309 e. The maximum absolute atomic E-state index is 4.45. The van der Waals surface area contributed by atoms with Gasteiger partial charge in [-0.05, 0) is 39.8 Å². The minimum absolute atomic E-state index is 0.656. The van der Waals surface area contributed by atoms with Gasteiger partial charge in [0.1, 0.15) is 5.01 Å². The zero-order chi connectivity index (χ0) is 11.4. The molecule has 1 aliphatic rings. The number of aromatic nitrogens is 1. The molecule has 16 heavy (non-hydrogen) atoms. The van der Waals surface area contributed by atoms with Crippen molar-refractivity contribution in [1.29, 1.82) is 0 Å². The molecule has 1 aromatic heterocycles. The maximum Gasteiger partial charge on any atom is 0.107 e. The average molecular weight is 239 g/mol. The highest BCUT2D eigenvalue weighted by atomic mass is 32.1. The number of nitrogens with zero attached hydrogens (tertiary/aromatic N) is 2. The Bertz CT molecular complexity index is 318. The van der Waals surface area contributed by atoms with Crippen molar-refractivity contribution in [3.8, 4) is 0 Å².